The van der Waals surface area contributed by atoms with Crippen molar-refractivity contribution in [2.24, 2.45) is 0 Å². The first-order valence-electron chi connectivity index (χ1n) is 6.17. The van der Waals surface area contributed by atoms with Gasteiger partial charge >= 0.3 is 0 Å². The zero-order valence-corrected chi connectivity index (χ0v) is 11.3. The fourth-order valence-electron chi connectivity index (χ4n) is 1.97. The number of anilines is 1. The van der Waals surface area contributed by atoms with Gasteiger partial charge in [0, 0.05) is 11.4 Å². The third-order valence-corrected chi connectivity index (χ3v) is 2.75. The average molecular weight is 256 g/mol. The molecule has 0 aliphatic carbocycles. The van der Waals surface area contributed by atoms with Gasteiger partial charge in [0.05, 0.1) is 5.69 Å². The molecule has 0 atom stereocenters. The zero-order chi connectivity index (χ0) is 14.0. The molecule has 2 heterocycles. The van der Waals surface area contributed by atoms with Crippen molar-refractivity contribution in [3.8, 4) is 12.0 Å². The second-order valence-corrected chi connectivity index (χ2v) is 4.43. The normalized spacial score (nSPS) is 10.4. The van der Waals surface area contributed by atoms with E-state index >= 15 is 0 Å². The lowest BCUT2D eigenvalue weighted by Gasteiger charge is -2.04. The van der Waals surface area contributed by atoms with Crippen LogP contribution in [0.4, 0.5) is 5.82 Å². The van der Waals surface area contributed by atoms with Crippen molar-refractivity contribution in [3.05, 3.63) is 28.7 Å². The molecule has 0 spiro atoms. The van der Waals surface area contributed by atoms with Crippen LogP contribution in [0.5, 0.6) is 0 Å². The molecule has 6 heteroatoms. The summed E-state index contributed by atoms with van der Waals surface area (Å²) in [6, 6.07) is 3.98. The third kappa shape index (κ3) is 2.40. The summed E-state index contributed by atoms with van der Waals surface area (Å²) in [6.07, 6.45) is 1.61. The maximum atomic E-state index is 9.17. The van der Waals surface area contributed by atoms with E-state index in [-0.39, 0.29) is 0 Å². The highest BCUT2D eigenvalue weighted by atomic mass is 15.4. The lowest BCUT2D eigenvalue weighted by Crippen LogP contribution is -2.08. The molecule has 2 aromatic rings. The second kappa shape index (κ2) is 5.06. The van der Waals surface area contributed by atoms with E-state index in [0.717, 1.165) is 17.8 Å². The summed E-state index contributed by atoms with van der Waals surface area (Å²) in [6.45, 7) is 5.80. The van der Waals surface area contributed by atoms with Crippen LogP contribution in [-0.4, -0.2) is 19.7 Å². The molecule has 0 aliphatic heterocycles. The Kier molecular flexibility index (Phi) is 3.47. The molecule has 2 N–H and O–H groups in total. The van der Waals surface area contributed by atoms with Crippen LogP contribution in [0.3, 0.4) is 0 Å². The fraction of sp³-hybridized carbons (Fsp3) is 0.385. The second-order valence-electron chi connectivity index (χ2n) is 4.43. The number of hydrogen-bond acceptors (Lipinski definition) is 5. The molecule has 0 saturated carbocycles. The Labute approximate surface area is 111 Å². The van der Waals surface area contributed by atoms with E-state index in [0.29, 0.717) is 29.4 Å². The van der Waals surface area contributed by atoms with Crippen molar-refractivity contribution in [2.45, 2.75) is 33.6 Å². The number of nitrogen functional groups attached to an aromatic ring is 1. The quantitative estimate of drug-likeness (QED) is 0.901. The van der Waals surface area contributed by atoms with Crippen LogP contribution < -0.4 is 5.73 Å². The van der Waals surface area contributed by atoms with E-state index in [1.165, 1.54) is 4.68 Å². The Morgan fingerprint density at radius 1 is 1.32 bits per heavy atom. The first kappa shape index (κ1) is 13.0. The summed E-state index contributed by atoms with van der Waals surface area (Å²) in [7, 11) is 0. The van der Waals surface area contributed by atoms with Crippen LogP contribution in [0.1, 0.15) is 36.0 Å². The van der Waals surface area contributed by atoms with E-state index in [9.17, 15) is 5.26 Å². The molecule has 0 fully saturated rings. The lowest BCUT2D eigenvalue weighted by molar-refractivity contribution is 0.765. The number of nitrogens with two attached hydrogens (primary N) is 1. The molecule has 0 aliphatic rings. The minimum absolute atomic E-state index is 0.302. The van der Waals surface area contributed by atoms with E-state index in [1.54, 1.807) is 0 Å². The molecule has 19 heavy (non-hydrogen) atoms. The standard InChI is InChI=1S/C13H16N6/c1-4-5-11-10(7-14)12(15)19(18-11)13-16-8(2)6-9(3)17-13/h6H,4-5,15H2,1-3H3. The van der Waals surface area contributed by atoms with E-state index in [2.05, 4.69) is 21.1 Å². The maximum absolute atomic E-state index is 9.17. The van der Waals surface area contributed by atoms with Gasteiger partial charge in [-0.1, -0.05) is 13.3 Å². The summed E-state index contributed by atoms with van der Waals surface area (Å²) in [5.74, 6) is 0.713. The van der Waals surface area contributed by atoms with Gasteiger partial charge in [-0.25, -0.2) is 9.97 Å². The van der Waals surface area contributed by atoms with Crippen LogP contribution in [0.2, 0.25) is 0 Å². The molecular weight excluding hydrogens is 240 g/mol. The predicted octanol–water partition coefficient (Wildman–Crippen LogP) is 1.69. The molecule has 0 unspecified atom stereocenters. The minimum Gasteiger partial charge on any atom is -0.382 e. The van der Waals surface area contributed by atoms with Gasteiger partial charge in [0.25, 0.3) is 5.95 Å². The van der Waals surface area contributed by atoms with Gasteiger partial charge in [0.2, 0.25) is 0 Å². The highest BCUT2D eigenvalue weighted by Crippen LogP contribution is 2.20. The van der Waals surface area contributed by atoms with Crippen molar-refractivity contribution >= 4 is 5.82 Å². The molecule has 0 amide bonds. The number of aryl methyl sites for hydroxylation is 3. The molecule has 98 valence electrons. The summed E-state index contributed by atoms with van der Waals surface area (Å²) in [4.78, 5) is 8.63. The van der Waals surface area contributed by atoms with Gasteiger partial charge in [0.1, 0.15) is 17.5 Å². The summed E-state index contributed by atoms with van der Waals surface area (Å²) in [5.41, 5.74) is 8.78. The average Bonchev–Trinajstić information content (AvgIpc) is 2.65. The van der Waals surface area contributed by atoms with Crippen LogP contribution in [0, 0.1) is 25.2 Å². The van der Waals surface area contributed by atoms with Crippen LogP contribution >= 0.6 is 0 Å². The van der Waals surface area contributed by atoms with E-state index in [1.807, 2.05) is 26.8 Å². The number of rotatable bonds is 3. The molecule has 0 aromatic carbocycles. The molecular formula is C13H16N6. The number of aromatic nitrogens is 4. The Morgan fingerprint density at radius 2 is 1.95 bits per heavy atom. The van der Waals surface area contributed by atoms with Gasteiger partial charge in [-0.05, 0) is 26.3 Å². The molecule has 6 nitrogen and oxygen atoms in total. The lowest BCUT2D eigenvalue weighted by atomic mass is 10.2. The Bertz CT molecular complexity index is 630. The first-order valence-corrected chi connectivity index (χ1v) is 6.17. The van der Waals surface area contributed by atoms with Gasteiger partial charge in [-0.2, -0.15) is 15.0 Å². The Morgan fingerprint density at radius 3 is 2.47 bits per heavy atom. The zero-order valence-electron chi connectivity index (χ0n) is 11.3. The molecule has 2 aromatic heterocycles. The van der Waals surface area contributed by atoms with Gasteiger partial charge in [-0.3, -0.25) is 0 Å². The predicted molar refractivity (Wildman–Crippen MR) is 71.8 cm³/mol. The molecule has 0 saturated heterocycles. The molecule has 0 radical (unpaired) electrons. The minimum atomic E-state index is 0.302. The van der Waals surface area contributed by atoms with Crippen molar-refractivity contribution in [3.63, 3.8) is 0 Å². The van der Waals surface area contributed by atoms with Crippen molar-refractivity contribution in [1.29, 1.82) is 5.26 Å². The van der Waals surface area contributed by atoms with E-state index < -0.39 is 0 Å². The Hall–Kier alpha value is -2.42. The smallest absolute Gasteiger partial charge is 0.252 e. The maximum Gasteiger partial charge on any atom is 0.252 e. The largest absolute Gasteiger partial charge is 0.382 e. The summed E-state index contributed by atoms with van der Waals surface area (Å²) < 4.78 is 1.45. The monoisotopic (exact) mass is 256 g/mol. The topological polar surface area (TPSA) is 93.4 Å². The van der Waals surface area contributed by atoms with Gasteiger partial charge in [0.15, 0.2) is 0 Å². The summed E-state index contributed by atoms with van der Waals surface area (Å²) in [5, 5.41) is 13.5. The van der Waals surface area contributed by atoms with Crippen LogP contribution in [-0.2, 0) is 6.42 Å². The van der Waals surface area contributed by atoms with Crippen LogP contribution in [0.25, 0.3) is 5.95 Å². The number of nitrogens with zero attached hydrogens (tertiary/aromatic N) is 5. The Balaban J connectivity index is 2.59. The van der Waals surface area contributed by atoms with Crippen molar-refractivity contribution in [1.82, 2.24) is 19.7 Å². The van der Waals surface area contributed by atoms with Crippen LogP contribution in [0.15, 0.2) is 6.07 Å². The van der Waals surface area contributed by atoms with E-state index in [4.69, 9.17) is 5.73 Å². The number of nitriles is 1. The highest BCUT2D eigenvalue weighted by Gasteiger charge is 2.17. The van der Waals surface area contributed by atoms with Crippen molar-refractivity contribution < 1.29 is 0 Å². The van der Waals surface area contributed by atoms with Gasteiger partial charge < -0.3 is 5.73 Å². The number of hydrogen-bond donors (Lipinski definition) is 1. The molecule has 0 bridgehead atoms. The third-order valence-electron chi connectivity index (χ3n) is 2.75. The highest BCUT2D eigenvalue weighted by molar-refractivity contribution is 5.54. The fourth-order valence-corrected chi connectivity index (χ4v) is 1.97. The van der Waals surface area contributed by atoms with Crippen molar-refractivity contribution in [2.75, 3.05) is 5.73 Å². The first-order chi connectivity index (χ1) is 9.06. The SMILES string of the molecule is CCCc1nn(-c2nc(C)cc(C)n2)c(N)c1C#N. The molecule has 2 rings (SSSR count). The van der Waals surface area contributed by atoms with Gasteiger partial charge in [-0.15, -0.1) is 0 Å². The summed E-state index contributed by atoms with van der Waals surface area (Å²) >= 11 is 0.